The monoisotopic (exact) mass is 418 g/mol. The summed E-state index contributed by atoms with van der Waals surface area (Å²) in [4.78, 5) is 20.6. The summed E-state index contributed by atoms with van der Waals surface area (Å²) >= 11 is 0. The number of hydrogen-bond acceptors (Lipinski definition) is 4. The summed E-state index contributed by atoms with van der Waals surface area (Å²) in [5.74, 6) is 1.59. The van der Waals surface area contributed by atoms with E-state index in [9.17, 15) is 9.90 Å². The third kappa shape index (κ3) is 5.01. The van der Waals surface area contributed by atoms with E-state index in [0.29, 0.717) is 11.5 Å². The summed E-state index contributed by atoms with van der Waals surface area (Å²) in [6.07, 6.45) is 12.3. The Morgan fingerprint density at radius 2 is 1.90 bits per heavy atom. The van der Waals surface area contributed by atoms with Crippen LogP contribution in [0.2, 0.25) is 0 Å². The summed E-state index contributed by atoms with van der Waals surface area (Å²) < 4.78 is 2.10. The summed E-state index contributed by atoms with van der Waals surface area (Å²) in [5.41, 5.74) is 2.89. The van der Waals surface area contributed by atoms with Gasteiger partial charge in [0.2, 0.25) is 0 Å². The second-order valence-corrected chi connectivity index (χ2v) is 8.40. The van der Waals surface area contributed by atoms with E-state index in [0.717, 1.165) is 48.6 Å². The molecule has 4 rings (SSSR count). The van der Waals surface area contributed by atoms with Crippen molar-refractivity contribution in [3.8, 4) is 11.1 Å². The van der Waals surface area contributed by atoms with Crippen LogP contribution in [0.3, 0.4) is 0 Å². The molecule has 0 radical (unpaired) electrons. The first-order valence-corrected chi connectivity index (χ1v) is 11.4. The lowest BCUT2D eigenvalue weighted by molar-refractivity contribution is 0.0697. The average molecular weight is 419 g/mol. The van der Waals surface area contributed by atoms with Crippen molar-refractivity contribution in [1.29, 1.82) is 0 Å². The molecule has 1 aliphatic rings. The van der Waals surface area contributed by atoms with Gasteiger partial charge >= 0.3 is 5.97 Å². The number of rotatable bonds is 8. The minimum absolute atomic E-state index is 0.263. The van der Waals surface area contributed by atoms with Gasteiger partial charge in [0.1, 0.15) is 5.82 Å². The van der Waals surface area contributed by atoms with Crippen LogP contribution in [-0.2, 0) is 13.0 Å². The Hall–Kier alpha value is -3.02. The molecule has 0 atom stereocenters. The van der Waals surface area contributed by atoms with Crippen molar-refractivity contribution in [2.24, 2.45) is 0 Å². The van der Waals surface area contributed by atoms with Crippen LogP contribution in [0.5, 0.6) is 0 Å². The smallest absolute Gasteiger partial charge is 0.336 e. The molecule has 2 aromatic heterocycles. The molecule has 0 saturated heterocycles. The second kappa shape index (κ2) is 9.86. The van der Waals surface area contributed by atoms with E-state index in [-0.39, 0.29) is 5.56 Å². The maximum Gasteiger partial charge on any atom is 0.336 e. The van der Waals surface area contributed by atoms with Gasteiger partial charge in [-0.05, 0) is 36.5 Å². The van der Waals surface area contributed by atoms with Crippen molar-refractivity contribution in [2.75, 3.05) is 0 Å². The molecule has 0 aliphatic heterocycles. The number of hydrogen-bond donors (Lipinski definition) is 1. The van der Waals surface area contributed by atoms with Crippen LogP contribution in [-0.4, -0.2) is 30.8 Å². The van der Waals surface area contributed by atoms with Gasteiger partial charge in [0.05, 0.1) is 5.56 Å². The van der Waals surface area contributed by atoms with Gasteiger partial charge in [0.15, 0.2) is 5.82 Å². The minimum atomic E-state index is -0.944. The molecule has 2 heterocycles. The van der Waals surface area contributed by atoms with Crippen LogP contribution < -0.4 is 0 Å². The molecule has 6 nitrogen and oxygen atoms in total. The summed E-state index contributed by atoms with van der Waals surface area (Å²) in [7, 11) is 0. The van der Waals surface area contributed by atoms with Crippen LogP contribution in [0.1, 0.15) is 85.4 Å². The Labute approximate surface area is 183 Å². The topological polar surface area (TPSA) is 80.9 Å². The van der Waals surface area contributed by atoms with Gasteiger partial charge in [0.25, 0.3) is 0 Å². The molecule has 0 amide bonds. The number of nitrogens with zero attached hydrogens (tertiary/aromatic N) is 4. The molecule has 1 N–H and O–H groups in total. The SMILES string of the molecule is CCCCn1nc(C2CCCCC2)nc1Cc1ccc(-c2cnccc2C(=O)O)cc1. The molecule has 1 aliphatic carbocycles. The molecule has 6 heteroatoms. The van der Waals surface area contributed by atoms with Crippen LogP contribution in [0.25, 0.3) is 11.1 Å². The van der Waals surface area contributed by atoms with Gasteiger partial charge in [0, 0.05) is 36.8 Å². The Bertz CT molecular complexity index is 1020. The summed E-state index contributed by atoms with van der Waals surface area (Å²) in [6.45, 7) is 3.10. The van der Waals surface area contributed by atoms with E-state index in [2.05, 4.69) is 16.6 Å². The number of pyridine rings is 1. The van der Waals surface area contributed by atoms with E-state index in [1.54, 1.807) is 6.20 Å². The highest BCUT2D eigenvalue weighted by atomic mass is 16.4. The van der Waals surface area contributed by atoms with E-state index < -0.39 is 5.97 Å². The number of aromatic nitrogens is 4. The predicted molar refractivity (Wildman–Crippen MR) is 120 cm³/mol. The molecule has 162 valence electrons. The number of carbonyl (C=O) groups is 1. The van der Waals surface area contributed by atoms with Crippen molar-refractivity contribution in [1.82, 2.24) is 19.7 Å². The fourth-order valence-electron chi connectivity index (χ4n) is 4.34. The molecular weight excluding hydrogens is 388 g/mol. The molecule has 1 aromatic carbocycles. The number of unbranched alkanes of at least 4 members (excludes halogenated alkanes) is 1. The largest absolute Gasteiger partial charge is 0.478 e. The average Bonchev–Trinajstić information content (AvgIpc) is 3.21. The lowest BCUT2D eigenvalue weighted by atomic mass is 9.89. The standard InChI is InChI=1S/C25H30N4O2/c1-2-3-15-29-23(27-24(28-29)20-7-5-4-6-8-20)16-18-9-11-19(12-10-18)22-17-26-14-13-21(22)25(30)31/h9-14,17,20H,2-8,15-16H2,1H3,(H,30,31). The number of aryl methyl sites for hydroxylation is 1. The van der Waals surface area contributed by atoms with Crippen LogP contribution in [0, 0.1) is 0 Å². The van der Waals surface area contributed by atoms with E-state index in [1.807, 2.05) is 24.3 Å². The van der Waals surface area contributed by atoms with Gasteiger partial charge in [-0.1, -0.05) is 56.9 Å². The molecule has 0 bridgehead atoms. The zero-order valence-electron chi connectivity index (χ0n) is 18.1. The lowest BCUT2D eigenvalue weighted by Gasteiger charge is -2.18. The third-order valence-corrected chi connectivity index (χ3v) is 6.14. The number of aromatic carboxylic acids is 1. The maximum atomic E-state index is 11.5. The molecule has 0 spiro atoms. The molecule has 0 unspecified atom stereocenters. The Morgan fingerprint density at radius 3 is 2.61 bits per heavy atom. The van der Waals surface area contributed by atoms with Crippen LogP contribution >= 0.6 is 0 Å². The molecule has 3 aromatic rings. The highest BCUT2D eigenvalue weighted by molar-refractivity contribution is 5.95. The Kier molecular flexibility index (Phi) is 6.75. The van der Waals surface area contributed by atoms with E-state index in [4.69, 9.17) is 10.1 Å². The van der Waals surface area contributed by atoms with Gasteiger partial charge < -0.3 is 5.11 Å². The normalized spacial score (nSPS) is 14.6. The predicted octanol–water partition coefficient (Wildman–Crippen LogP) is 5.48. The van der Waals surface area contributed by atoms with Crippen molar-refractivity contribution in [3.05, 3.63) is 65.5 Å². The second-order valence-electron chi connectivity index (χ2n) is 8.40. The molecular formula is C25H30N4O2. The van der Waals surface area contributed by atoms with Crippen LogP contribution in [0.15, 0.2) is 42.7 Å². The quantitative estimate of drug-likeness (QED) is 0.524. The van der Waals surface area contributed by atoms with Crippen molar-refractivity contribution in [3.63, 3.8) is 0 Å². The number of benzene rings is 1. The van der Waals surface area contributed by atoms with E-state index in [1.165, 1.54) is 44.4 Å². The minimum Gasteiger partial charge on any atom is -0.478 e. The van der Waals surface area contributed by atoms with Gasteiger partial charge in [-0.15, -0.1) is 0 Å². The molecule has 1 saturated carbocycles. The highest BCUT2D eigenvalue weighted by Gasteiger charge is 2.21. The Balaban J connectivity index is 1.56. The molecule has 1 fully saturated rings. The van der Waals surface area contributed by atoms with Gasteiger partial charge in [-0.3, -0.25) is 4.98 Å². The fourth-order valence-corrected chi connectivity index (χ4v) is 4.34. The third-order valence-electron chi connectivity index (χ3n) is 6.14. The first-order valence-electron chi connectivity index (χ1n) is 11.4. The van der Waals surface area contributed by atoms with Gasteiger partial charge in [-0.2, -0.15) is 5.10 Å². The Morgan fingerprint density at radius 1 is 1.13 bits per heavy atom. The number of carboxylic acid groups (broad SMARTS) is 1. The van der Waals surface area contributed by atoms with Gasteiger partial charge in [-0.25, -0.2) is 14.5 Å². The van der Waals surface area contributed by atoms with Crippen molar-refractivity contribution < 1.29 is 9.90 Å². The maximum absolute atomic E-state index is 11.5. The highest BCUT2D eigenvalue weighted by Crippen LogP contribution is 2.31. The summed E-state index contributed by atoms with van der Waals surface area (Å²) in [5, 5.41) is 14.3. The first kappa shape index (κ1) is 21.2. The van der Waals surface area contributed by atoms with Crippen molar-refractivity contribution in [2.45, 2.75) is 70.8 Å². The first-order chi connectivity index (χ1) is 15.2. The number of carboxylic acids is 1. The zero-order chi connectivity index (χ0) is 21.6. The van der Waals surface area contributed by atoms with Crippen LogP contribution in [0.4, 0.5) is 0 Å². The van der Waals surface area contributed by atoms with Crippen molar-refractivity contribution >= 4 is 5.97 Å². The molecule has 31 heavy (non-hydrogen) atoms. The van der Waals surface area contributed by atoms with E-state index >= 15 is 0 Å². The fraction of sp³-hybridized carbons (Fsp3) is 0.440. The zero-order valence-corrected chi connectivity index (χ0v) is 18.1. The lowest BCUT2D eigenvalue weighted by Crippen LogP contribution is -2.08. The summed E-state index contributed by atoms with van der Waals surface area (Å²) in [6, 6.07) is 9.57.